The third-order valence-corrected chi connectivity index (χ3v) is 4.63. The average Bonchev–Trinajstić information content (AvgIpc) is 2.23. The third kappa shape index (κ3) is 9.01. The molecule has 0 saturated carbocycles. The van der Waals surface area contributed by atoms with E-state index in [0.29, 0.717) is 6.54 Å². The molecule has 2 N–H and O–H groups in total. The second-order valence-corrected chi connectivity index (χ2v) is 7.09. The van der Waals surface area contributed by atoms with Crippen molar-refractivity contribution in [3.63, 3.8) is 0 Å². The SMILES string of the molecule is CCCNCC(C)S(=O)(=O)NCCSC(F)(F)F. The minimum Gasteiger partial charge on any atom is -0.315 e. The molecule has 0 saturated heterocycles. The summed E-state index contributed by atoms with van der Waals surface area (Å²) >= 11 is -0.235. The van der Waals surface area contributed by atoms with Crippen LogP contribution in [0.3, 0.4) is 0 Å². The highest BCUT2D eigenvalue weighted by molar-refractivity contribution is 8.00. The van der Waals surface area contributed by atoms with Crippen LogP contribution >= 0.6 is 11.8 Å². The lowest BCUT2D eigenvalue weighted by atomic mass is 10.4. The predicted molar refractivity (Wildman–Crippen MR) is 68.1 cm³/mol. The van der Waals surface area contributed by atoms with Gasteiger partial charge in [-0.1, -0.05) is 6.92 Å². The first-order chi connectivity index (χ1) is 8.19. The number of halogens is 3. The lowest BCUT2D eigenvalue weighted by Gasteiger charge is -2.14. The highest BCUT2D eigenvalue weighted by atomic mass is 32.2. The Kier molecular flexibility index (Phi) is 8.24. The average molecular weight is 308 g/mol. The molecule has 18 heavy (non-hydrogen) atoms. The molecule has 0 radical (unpaired) electrons. The molecule has 0 spiro atoms. The van der Waals surface area contributed by atoms with E-state index in [1.165, 1.54) is 6.92 Å². The molecule has 0 bridgehead atoms. The Labute approximate surface area is 110 Å². The maximum Gasteiger partial charge on any atom is 0.441 e. The molecule has 0 rings (SSSR count). The van der Waals surface area contributed by atoms with Gasteiger partial charge in [-0.2, -0.15) is 13.2 Å². The van der Waals surface area contributed by atoms with Gasteiger partial charge in [0, 0.05) is 18.8 Å². The van der Waals surface area contributed by atoms with Crippen molar-refractivity contribution in [3.8, 4) is 0 Å². The van der Waals surface area contributed by atoms with Crippen LogP contribution < -0.4 is 10.0 Å². The second kappa shape index (κ2) is 8.23. The zero-order valence-corrected chi connectivity index (χ0v) is 12.0. The van der Waals surface area contributed by atoms with Crippen LogP contribution in [0.15, 0.2) is 0 Å². The predicted octanol–water partition coefficient (Wildman–Crippen LogP) is 1.55. The van der Waals surface area contributed by atoms with Crippen molar-refractivity contribution < 1.29 is 21.6 Å². The molecule has 0 aromatic rings. The van der Waals surface area contributed by atoms with Crippen LogP contribution in [0.4, 0.5) is 13.2 Å². The van der Waals surface area contributed by atoms with Crippen LogP contribution in [0, 0.1) is 0 Å². The number of nitrogens with one attached hydrogen (secondary N) is 2. The molecule has 0 aliphatic carbocycles. The van der Waals surface area contributed by atoms with E-state index >= 15 is 0 Å². The van der Waals surface area contributed by atoms with Gasteiger partial charge in [0.05, 0.1) is 5.25 Å². The van der Waals surface area contributed by atoms with Crippen LogP contribution in [0.1, 0.15) is 20.3 Å². The summed E-state index contributed by atoms with van der Waals surface area (Å²) in [6.07, 6.45) is 0.891. The first-order valence-corrected chi connectivity index (χ1v) is 8.12. The summed E-state index contributed by atoms with van der Waals surface area (Å²) in [5, 5.41) is 2.28. The van der Waals surface area contributed by atoms with E-state index in [-0.39, 0.29) is 30.6 Å². The number of hydrogen-bond donors (Lipinski definition) is 2. The molecule has 0 fully saturated rings. The molecule has 0 aliphatic heterocycles. The van der Waals surface area contributed by atoms with Gasteiger partial charge < -0.3 is 5.32 Å². The fourth-order valence-corrected chi connectivity index (χ4v) is 2.66. The maximum atomic E-state index is 11.8. The van der Waals surface area contributed by atoms with Crippen molar-refractivity contribution in [2.45, 2.75) is 31.0 Å². The van der Waals surface area contributed by atoms with Gasteiger partial charge in [0.15, 0.2) is 0 Å². The number of hydrogen-bond acceptors (Lipinski definition) is 4. The molecular formula is C9H19F3N2O2S2. The lowest BCUT2D eigenvalue weighted by molar-refractivity contribution is -0.0327. The molecule has 110 valence electrons. The second-order valence-electron chi connectivity index (χ2n) is 3.75. The molecule has 0 aliphatic rings. The van der Waals surface area contributed by atoms with Crippen molar-refractivity contribution in [3.05, 3.63) is 0 Å². The van der Waals surface area contributed by atoms with E-state index in [0.717, 1.165) is 6.42 Å². The Balaban J connectivity index is 3.92. The quantitative estimate of drug-likeness (QED) is 0.635. The van der Waals surface area contributed by atoms with Crippen LogP contribution in [0.5, 0.6) is 0 Å². The Morgan fingerprint density at radius 1 is 1.28 bits per heavy atom. The van der Waals surface area contributed by atoms with Gasteiger partial charge in [-0.15, -0.1) is 0 Å². The summed E-state index contributed by atoms with van der Waals surface area (Å²) in [7, 11) is -3.55. The van der Waals surface area contributed by atoms with Gasteiger partial charge in [0.1, 0.15) is 0 Å². The number of rotatable bonds is 9. The molecule has 0 amide bonds. The first kappa shape index (κ1) is 18.0. The fraction of sp³-hybridized carbons (Fsp3) is 1.00. The number of alkyl halides is 3. The summed E-state index contributed by atoms with van der Waals surface area (Å²) in [4.78, 5) is 0. The van der Waals surface area contributed by atoms with E-state index in [1.54, 1.807) is 0 Å². The van der Waals surface area contributed by atoms with Crippen molar-refractivity contribution in [2.75, 3.05) is 25.4 Å². The Hall–Kier alpha value is 0.01000. The summed E-state index contributed by atoms with van der Waals surface area (Å²) in [5.41, 5.74) is -4.32. The molecule has 0 aromatic heterocycles. The fourth-order valence-electron chi connectivity index (χ4n) is 1.08. The molecule has 1 atom stereocenters. The van der Waals surface area contributed by atoms with E-state index in [4.69, 9.17) is 0 Å². The highest BCUT2D eigenvalue weighted by Crippen LogP contribution is 2.29. The van der Waals surface area contributed by atoms with Gasteiger partial charge in [-0.3, -0.25) is 0 Å². The van der Waals surface area contributed by atoms with Gasteiger partial charge >= 0.3 is 5.51 Å². The van der Waals surface area contributed by atoms with E-state index in [9.17, 15) is 21.6 Å². The van der Waals surface area contributed by atoms with Gasteiger partial charge in [0.2, 0.25) is 10.0 Å². The lowest BCUT2D eigenvalue weighted by Crippen LogP contribution is -2.40. The Bertz CT molecular complexity index is 320. The van der Waals surface area contributed by atoms with Crippen LogP contribution in [0.2, 0.25) is 0 Å². The molecule has 4 nitrogen and oxygen atoms in total. The third-order valence-electron chi connectivity index (χ3n) is 2.06. The number of thioether (sulfide) groups is 1. The van der Waals surface area contributed by atoms with Gasteiger partial charge in [-0.05, 0) is 31.7 Å². The Morgan fingerprint density at radius 2 is 1.89 bits per heavy atom. The van der Waals surface area contributed by atoms with Crippen molar-refractivity contribution in [1.82, 2.24) is 10.0 Å². The van der Waals surface area contributed by atoms with Crippen LogP contribution in [-0.4, -0.2) is 44.6 Å². The Morgan fingerprint density at radius 3 is 2.39 bits per heavy atom. The maximum absolute atomic E-state index is 11.8. The summed E-state index contributed by atoms with van der Waals surface area (Å²) < 4.78 is 60.8. The minimum absolute atomic E-state index is 0.218. The van der Waals surface area contributed by atoms with Crippen molar-refractivity contribution in [1.29, 1.82) is 0 Å². The molecule has 0 aromatic carbocycles. The normalized spacial score (nSPS) is 14.7. The zero-order valence-electron chi connectivity index (χ0n) is 10.4. The summed E-state index contributed by atoms with van der Waals surface area (Å²) in [6.45, 7) is 4.25. The number of sulfonamides is 1. The van der Waals surface area contributed by atoms with Crippen LogP contribution in [0.25, 0.3) is 0 Å². The summed E-state index contributed by atoms with van der Waals surface area (Å²) in [6, 6.07) is 0. The van der Waals surface area contributed by atoms with E-state index in [2.05, 4.69) is 10.0 Å². The van der Waals surface area contributed by atoms with E-state index < -0.39 is 20.8 Å². The largest absolute Gasteiger partial charge is 0.441 e. The molecule has 0 heterocycles. The topological polar surface area (TPSA) is 58.2 Å². The zero-order chi connectivity index (χ0) is 14.2. The highest BCUT2D eigenvalue weighted by Gasteiger charge is 2.28. The van der Waals surface area contributed by atoms with E-state index in [1.807, 2.05) is 6.92 Å². The standard InChI is InChI=1S/C9H19F3N2O2S2/c1-3-4-13-7-8(2)18(15,16)14-5-6-17-9(10,11)12/h8,13-14H,3-7H2,1-2H3. The van der Waals surface area contributed by atoms with Gasteiger partial charge in [-0.25, -0.2) is 13.1 Å². The molecule has 9 heteroatoms. The van der Waals surface area contributed by atoms with Crippen molar-refractivity contribution >= 4 is 21.8 Å². The van der Waals surface area contributed by atoms with Crippen molar-refractivity contribution in [2.24, 2.45) is 0 Å². The minimum atomic E-state index is -4.32. The monoisotopic (exact) mass is 308 g/mol. The van der Waals surface area contributed by atoms with Crippen LogP contribution in [-0.2, 0) is 10.0 Å². The van der Waals surface area contributed by atoms with Gasteiger partial charge in [0.25, 0.3) is 0 Å². The first-order valence-electron chi connectivity index (χ1n) is 5.59. The summed E-state index contributed by atoms with van der Waals surface area (Å²) in [5.74, 6) is -0.322. The smallest absolute Gasteiger partial charge is 0.315 e. The molecule has 1 unspecified atom stereocenters. The molecular weight excluding hydrogens is 289 g/mol.